The average molecular weight is 371 g/mol. The molecule has 6 nitrogen and oxygen atoms in total. The van der Waals surface area contributed by atoms with Crippen LogP contribution in [0.15, 0.2) is 42.5 Å². The smallest absolute Gasteiger partial charge is 0.330 e. The van der Waals surface area contributed by atoms with Gasteiger partial charge in [-0.3, -0.25) is 14.4 Å². The molecule has 0 aromatic heterocycles. The lowest BCUT2D eigenvalue weighted by molar-refractivity contribution is -0.135. The van der Waals surface area contributed by atoms with Gasteiger partial charge in [0.1, 0.15) is 0 Å². The number of allylic oxidation sites excluding steroid dienone is 2. The van der Waals surface area contributed by atoms with Crippen LogP contribution in [0, 0.1) is 0 Å². The van der Waals surface area contributed by atoms with Gasteiger partial charge in [0.05, 0.1) is 7.11 Å². The number of methoxy groups -OCH3 is 1. The SMILES string of the molecule is CCCCc1cc(NC(=O)/C=C\C(C)=O)ccc1CC(=O)/C=C\C(=O)OC. The standard InChI is InChI=1S/C21H25NO5/c1-4-5-6-16-13-18(22-20(25)11-7-15(2)23)9-8-17(16)14-19(24)10-12-21(26)27-3/h7-13H,4-6,14H2,1-3H3,(H,22,25)/b11-7-,12-10-. The zero-order valence-corrected chi connectivity index (χ0v) is 15.9. The molecule has 0 saturated heterocycles. The number of unbranched alkanes of at least 4 members (excludes halogenated alkanes) is 1. The molecule has 0 unspecified atom stereocenters. The van der Waals surface area contributed by atoms with Crippen molar-refractivity contribution in [2.45, 2.75) is 39.5 Å². The predicted octanol–water partition coefficient (Wildman–Crippen LogP) is 2.95. The van der Waals surface area contributed by atoms with Crippen LogP contribution in [0.3, 0.4) is 0 Å². The molecule has 0 aliphatic carbocycles. The Balaban J connectivity index is 2.93. The van der Waals surface area contributed by atoms with Gasteiger partial charge in [0.25, 0.3) is 0 Å². The average Bonchev–Trinajstić information content (AvgIpc) is 2.64. The van der Waals surface area contributed by atoms with Crippen molar-refractivity contribution in [3.05, 3.63) is 53.6 Å². The van der Waals surface area contributed by atoms with Gasteiger partial charge in [-0.15, -0.1) is 0 Å². The number of nitrogens with one attached hydrogen (secondary N) is 1. The maximum Gasteiger partial charge on any atom is 0.330 e. The molecule has 27 heavy (non-hydrogen) atoms. The Bertz CT molecular complexity index is 762. The second kappa shape index (κ2) is 11.6. The van der Waals surface area contributed by atoms with Gasteiger partial charge >= 0.3 is 5.97 Å². The van der Waals surface area contributed by atoms with Crippen LogP contribution >= 0.6 is 0 Å². The number of carbonyl (C=O) groups excluding carboxylic acids is 4. The molecule has 144 valence electrons. The van der Waals surface area contributed by atoms with Crippen LogP contribution in [0.1, 0.15) is 37.8 Å². The molecular formula is C21H25NO5. The Kier molecular flexibility index (Phi) is 9.43. The number of ketones is 2. The van der Waals surface area contributed by atoms with E-state index in [4.69, 9.17) is 0 Å². The van der Waals surface area contributed by atoms with E-state index in [1.54, 1.807) is 12.1 Å². The first-order chi connectivity index (χ1) is 12.8. The minimum Gasteiger partial charge on any atom is -0.466 e. The summed E-state index contributed by atoms with van der Waals surface area (Å²) >= 11 is 0. The lowest BCUT2D eigenvalue weighted by Crippen LogP contribution is -2.10. The fourth-order valence-corrected chi connectivity index (χ4v) is 2.33. The van der Waals surface area contributed by atoms with Crippen molar-refractivity contribution in [1.29, 1.82) is 0 Å². The number of esters is 1. The van der Waals surface area contributed by atoms with Crippen LogP contribution in [0.4, 0.5) is 5.69 Å². The molecule has 0 saturated carbocycles. The molecule has 0 bridgehead atoms. The van der Waals surface area contributed by atoms with Gasteiger partial charge in [0.2, 0.25) is 5.91 Å². The first kappa shape index (κ1) is 22.0. The van der Waals surface area contributed by atoms with Crippen LogP contribution < -0.4 is 5.32 Å². The topological polar surface area (TPSA) is 89.5 Å². The van der Waals surface area contributed by atoms with Gasteiger partial charge in [0.15, 0.2) is 11.6 Å². The van der Waals surface area contributed by atoms with Crippen molar-refractivity contribution >= 4 is 29.1 Å². The van der Waals surface area contributed by atoms with Crippen molar-refractivity contribution < 1.29 is 23.9 Å². The lowest BCUT2D eigenvalue weighted by atomic mass is 9.97. The molecule has 0 radical (unpaired) electrons. The summed E-state index contributed by atoms with van der Waals surface area (Å²) in [4.78, 5) is 45.9. The molecular weight excluding hydrogens is 346 g/mol. The molecule has 6 heteroatoms. The third-order valence-corrected chi connectivity index (χ3v) is 3.71. The number of hydrogen-bond acceptors (Lipinski definition) is 5. The maximum absolute atomic E-state index is 12.1. The molecule has 1 aromatic rings. The molecule has 1 aromatic carbocycles. The number of amides is 1. The first-order valence-electron chi connectivity index (χ1n) is 8.76. The summed E-state index contributed by atoms with van der Waals surface area (Å²) in [6, 6.07) is 5.34. The number of aryl methyl sites for hydroxylation is 1. The normalized spacial score (nSPS) is 10.9. The van der Waals surface area contributed by atoms with Gasteiger partial charge in [-0.05, 0) is 55.2 Å². The maximum atomic E-state index is 12.1. The highest BCUT2D eigenvalue weighted by atomic mass is 16.5. The highest BCUT2D eigenvalue weighted by Gasteiger charge is 2.09. The van der Waals surface area contributed by atoms with Crippen LogP contribution in [0.5, 0.6) is 0 Å². The Morgan fingerprint density at radius 2 is 1.78 bits per heavy atom. The summed E-state index contributed by atoms with van der Waals surface area (Å²) in [5, 5.41) is 2.70. The van der Waals surface area contributed by atoms with Gasteiger partial charge in [0, 0.05) is 24.3 Å². The molecule has 0 spiro atoms. The fraction of sp³-hybridized carbons (Fsp3) is 0.333. The van der Waals surface area contributed by atoms with Gasteiger partial charge in [-0.25, -0.2) is 4.79 Å². The Hall–Kier alpha value is -3.02. The van der Waals surface area contributed by atoms with E-state index in [1.165, 1.54) is 32.3 Å². The Labute approximate surface area is 159 Å². The molecule has 0 aliphatic rings. The van der Waals surface area contributed by atoms with Crippen molar-refractivity contribution in [3.63, 3.8) is 0 Å². The van der Waals surface area contributed by atoms with Crippen molar-refractivity contribution in [2.75, 3.05) is 12.4 Å². The first-order valence-corrected chi connectivity index (χ1v) is 8.76. The third kappa shape index (κ3) is 8.76. The van der Waals surface area contributed by atoms with Crippen LogP contribution in [0.25, 0.3) is 0 Å². The molecule has 0 heterocycles. The van der Waals surface area contributed by atoms with E-state index >= 15 is 0 Å². The highest BCUT2D eigenvalue weighted by molar-refractivity contribution is 6.03. The lowest BCUT2D eigenvalue weighted by Gasteiger charge is -2.11. The summed E-state index contributed by atoms with van der Waals surface area (Å²) in [6.45, 7) is 3.44. The monoisotopic (exact) mass is 371 g/mol. The summed E-state index contributed by atoms with van der Waals surface area (Å²) in [5.41, 5.74) is 2.41. The van der Waals surface area contributed by atoms with E-state index < -0.39 is 11.9 Å². The predicted molar refractivity (Wildman–Crippen MR) is 103 cm³/mol. The third-order valence-electron chi connectivity index (χ3n) is 3.71. The molecule has 0 atom stereocenters. The minimum absolute atomic E-state index is 0.158. The zero-order chi connectivity index (χ0) is 20.2. The quantitative estimate of drug-likeness (QED) is 0.504. The molecule has 0 aliphatic heterocycles. The molecule has 1 N–H and O–H groups in total. The van der Waals surface area contributed by atoms with Crippen LogP contribution in [-0.2, 0) is 36.8 Å². The summed E-state index contributed by atoms with van der Waals surface area (Å²) in [7, 11) is 1.25. The van der Waals surface area contributed by atoms with E-state index in [9.17, 15) is 19.2 Å². The molecule has 1 amide bonds. The van der Waals surface area contributed by atoms with E-state index in [-0.39, 0.29) is 18.0 Å². The van der Waals surface area contributed by atoms with E-state index in [1.807, 2.05) is 6.07 Å². The van der Waals surface area contributed by atoms with E-state index in [0.29, 0.717) is 5.69 Å². The van der Waals surface area contributed by atoms with Crippen LogP contribution in [-0.4, -0.2) is 30.6 Å². The fourth-order valence-electron chi connectivity index (χ4n) is 2.33. The molecule has 1 rings (SSSR count). The summed E-state index contributed by atoms with van der Waals surface area (Å²) < 4.78 is 4.47. The number of ether oxygens (including phenoxy) is 1. The number of carbonyl (C=O) groups is 4. The number of benzene rings is 1. The Morgan fingerprint density at radius 3 is 2.41 bits per heavy atom. The highest BCUT2D eigenvalue weighted by Crippen LogP contribution is 2.19. The van der Waals surface area contributed by atoms with Gasteiger partial charge in [-0.1, -0.05) is 19.4 Å². The summed E-state index contributed by atoms with van der Waals surface area (Å²) in [6.07, 6.45) is 7.56. The second-order valence-corrected chi connectivity index (χ2v) is 6.02. The molecule has 0 fully saturated rings. The number of anilines is 1. The van der Waals surface area contributed by atoms with E-state index in [0.717, 1.165) is 36.5 Å². The van der Waals surface area contributed by atoms with Crippen LogP contribution in [0.2, 0.25) is 0 Å². The summed E-state index contributed by atoms with van der Waals surface area (Å²) in [5.74, 6) is -1.38. The van der Waals surface area contributed by atoms with E-state index in [2.05, 4.69) is 17.0 Å². The number of hydrogen-bond donors (Lipinski definition) is 1. The van der Waals surface area contributed by atoms with Gasteiger partial charge < -0.3 is 10.1 Å². The van der Waals surface area contributed by atoms with Gasteiger partial charge in [-0.2, -0.15) is 0 Å². The number of rotatable bonds is 10. The largest absolute Gasteiger partial charge is 0.466 e. The minimum atomic E-state index is -0.578. The van der Waals surface area contributed by atoms with Crippen molar-refractivity contribution in [2.24, 2.45) is 0 Å². The van der Waals surface area contributed by atoms with Crippen molar-refractivity contribution in [3.8, 4) is 0 Å². The second-order valence-electron chi connectivity index (χ2n) is 6.02. The van der Waals surface area contributed by atoms with Crippen molar-refractivity contribution in [1.82, 2.24) is 0 Å². The Morgan fingerprint density at radius 1 is 1.04 bits per heavy atom. The zero-order valence-electron chi connectivity index (χ0n) is 15.9.